The van der Waals surface area contributed by atoms with Crippen LogP contribution in [0, 0.1) is 5.92 Å². The van der Waals surface area contributed by atoms with Gasteiger partial charge < -0.3 is 20.4 Å². The summed E-state index contributed by atoms with van der Waals surface area (Å²) in [7, 11) is 0. The lowest BCUT2D eigenvalue weighted by molar-refractivity contribution is -0.134. The minimum Gasteiger partial charge on any atom is -0.459 e. The van der Waals surface area contributed by atoms with Gasteiger partial charge in [-0.2, -0.15) is 0 Å². The van der Waals surface area contributed by atoms with Crippen LogP contribution in [0.25, 0.3) is 0 Å². The highest BCUT2D eigenvalue weighted by molar-refractivity contribution is 5.95. The first-order valence-electron chi connectivity index (χ1n) is 9.47. The van der Waals surface area contributed by atoms with E-state index in [-0.39, 0.29) is 23.6 Å². The van der Waals surface area contributed by atoms with Crippen LogP contribution in [0.2, 0.25) is 0 Å². The summed E-state index contributed by atoms with van der Waals surface area (Å²) in [6, 6.07) is 12.5. The molecule has 0 bridgehead atoms. The minimum absolute atomic E-state index is 0.0538. The van der Waals surface area contributed by atoms with Crippen molar-refractivity contribution in [3.05, 3.63) is 60.1 Å². The van der Waals surface area contributed by atoms with Crippen molar-refractivity contribution in [2.75, 3.05) is 13.1 Å². The number of carbonyl (C=O) groups is 2. The third-order valence-electron chi connectivity index (χ3n) is 5.23. The van der Waals surface area contributed by atoms with Crippen LogP contribution in [0.15, 0.2) is 53.1 Å². The van der Waals surface area contributed by atoms with Crippen LogP contribution < -0.4 is 11.1 Å². The van der Waals surface area contributed by atoms with Crippen LogP contribution in [0.4, 0.5) is 0 Å². The molecule has 2 atom stereocenters. The van der Waals surface area contributed by atoms with E-state index in [1.165, 1.54) is 6.26 Å². The van der Waals surface area contributed by atoms with Crippen molar-refractivity contribution in [3.8, 4) is 0 Å². The number of rotatable bonds is 6. The Bertz CT molecular complexity index is 735. The number of carbonyl (C=O) groups excluding carboxylic acids is 2. The van der Waals surface area contributed by atoms with Gasteiger partial charge in [0.15, 0.2) is 5.76 Å². The number of hydrogen-bond acceptors (Lipinski definition) is 4. The maximum absolute atomic E-state index is 13.1. The molecule has 1 aromatic carbocycles. The van der Waals surface area contributed by atoms with Crippen molar-refractivity contribution in [1.29, 1.82) is 0 Å². The Morgan fingerprint density at radius 2 is 1.89 bits per heavy atom. The Morgan fingerprint density at radius 3 is 2.48 bits per heavy atom. The summed E-state index contributed by atoms with van der Waals surface area (Å²) >= 11 is 0. The molecule has 2 unspecified atom stereocenters. The molecule has 0 aliphatic carbocycles. The summed E-state index contributed by atoms with van der Waals surface area (Å²) in [5.74, 6) is 0.220. The molecule has 0 spiro atoms. The van der Waals surface area contributed by atoms with Crippen molar-refractivity contribution in [3.63, 3.8) is 0 Å². The van der Waals surface area contributed by atoms with Crippen LogP contribution in [0.5, 0.6) is 0 Å². The Kier molecular flexibility index (Phi) is 6.29. The van der Waals surface area contributed by atoms with E-state index in [0.29, 0.717) is 25.4 Å². The summed E-state index contributed by atoms with van der Waals surface area (Å²) in [6.07, 6.45) is 3.68. The number of nitrogens with two attached hydrogens (primary N) is 1. The lowest BCUT2D eigenvalue weighted by Crippen LogP contribution is -2.52. The maximum atomic E-state index is 13.1. The van der Waals surface area contributed by atoms with Crippen LogP contribution in [0.1, 0.15) is 35.9 Å². The van der Waals surface area contributed by atoms with E-state index in [1.54, 1.807) is 12.1 Å². The number of benzene rings is 1. The number of hydrogen-bond donors (Lipinski definition) is 2. The first-order valence-corrected chi connectivity index (χ1v) is 9.47. The van der Waals surface area contributed by atoms with Crippen molar-refractivity contribution < 1.29 is 14.0 Å². The molecule has 6 nitrogen and oxygen atoms in total. The fourth-order valence-electron chi connectivity index (χ4n) is 3.55. The van der Waals surface area contributed by atoms with Crippen molar-refractivity contribution in [2.45, 2.75) is 38.3 Å². The van der Waals surface area contributed by atoms with E-state index < -0.39 is 6.04 Å². The Morgan fingerprint density at radius 1 is 1.19 bits per heavy atom. The fraction of sp³-hybridized carbons (Fsp3) is 0.429. The van der Waals surface area contributed by atoms with Gasteiger partial charge in [-0.25, -0.2) is 0 Å². The lowest BCUT2D eigenvalue weighted by Gasteiger charge is -2.35. The molecule has 3 N–H and O–H groups in total. The zero-order valence-electron chi connectivity index (χ0n) is 15.6. The molecule has 27 heavy (non-hydrogen) atoms. The molecular formula is C21H27N3O3. The van der Waals surface area contributed by atoms with E-state index in [1.807, 2.05) is 42.2 Å². The molecule has 1 fully saturated rings. The third-order valence-corrected chi connectivity index (χ3v) is 5.23. The topological polar surface area (TPSA) is 88.6 Å². The molecule has 0 saturated carbocycles. The van der Waals surface area contributed by atoms with Gasteiger partial charge in [-0.05, 0) is 43.4 Å². The molecule has 1 aromatic heterocycles. The van der Waals surface area contributed by atoms with Crippen LogP contribution in [-0.4, -0.2) is 41.9 Å². The molecule has 2 aromatic rings. The van der Waals surface area contributed by atoms with E-state index in [0.717, 1.165) is 18.4 Å². The molecular weight excluding hydrogens is 342 g/mol. The summed E-state index contributed by atoms with van der Waals surface area (Å²) in [6.45, 7) is 3.36. The monoisotopic (exact) mass is 369 g/mol. The van der Waals surface area contributed by atoms with Gasteiger partial charge in [-0.1, -0.05) is 30.3 Å². The van der Waals surface area contributed by atoms with E-state index in [2.05, 4.69) is 5.32 Å². The highest BCUT2D eigenvalue weighted by Gasteiger charge is 2.31. The van der Waals surface area contributed by atoms with Crippen molar-refractivity contribution in [1.82, 2.24) is 10.2 Å². The van der Waals surface area contributed by atoms with Crippen molar-refractivity contribution >= 4 is 11.8 Å². The van der Waals surface area contributed by atoms with E-state index >= 15 is 0 Å². The summed E-state index contributed by atoms with van der Waals surface area (Å²) < 4.78 is 5.16. The number of likely N-dealkylation sites (tertiary alicyclic amines) is 1. The average Bonchev–Trinajstić information content (AvgIpc) is 3.23. The predicted octanol–water partition coefficient (Wildman–Crippen LogP) is 2.21. The standard InChI is InChI=1S/C21H27N3O3/c1-15(22)17-9-11-24(12-10-17)21(26)18(14-16-6-3-2-4-7-16)23-20(25)19-8-5-13-27-19/h2-8,13,15,17-18H,9-12,14,22H2,1H3,(H,23,25). The molecule has 2 amide bonds. The highest BCUT2D eigenvalue weighted by Crippen LogP contribution is 2.20. The minimum atomic E-state index is -0.628. The summed E-state index contributed by atoms with van der Waals surface area (Å²) in [5.41, 5.74) is 7.00. The Balaban J connectivity index is 1.70. The van der Waals surface area contributed by atoms with Gasteiger partial charge in [0.25, 0.3) is 5.91 Å². The second-order valence-electron chi connectivity index (χ2n) is 7.21. The van der Waals surface area contributed by atoms with Crippen LogP contribution >= 0.6 is 0 Å². The zero-order chi connectivity index (χ0) is 19.2. The number of amides is 2. The van der Waals surface area contributed by atoms with Gasteiger partial charge in [0.05, 0.1) is 6.26 Å². The summed E-state index contributed by atoms with van der Waals surface area (Å²) in [5, 5.41) is 2.85. The van der Waals surface area contributed by atoms with E-state index in [9.17, 15) is 9.59 Å². The highest BCUT2D eigenvalue weighted by atomic mass is 16.3. The number of nitrogens with one attached hydrogen (secondary N) is 1. The Hall–Kier alpha value is -2.60. The second kappa shape index (κ2) is 8.86. The quantitative estimate of drug-likeness (QED) is 0.817. The SMILES string of the molecule is CC(N)C1CCN(C(=O)C(Cc2ccccc2)NC(=O)c2ccco2)CC1. The van der Waals surface area contributed by atoms with Gasteiger partial charge >= 0.3 is 0 Å². The lowest BCUT2D eigenvalue weighted by atomic mass is 9.90. The molecule has 1 saturated heterocycles. The van der Waals surface area contributed by atoms with Gasteiger partial charge in [-0.15, -0.1) is 0 Å². The first-order chi connectivity index (χ1) is 13.0. The molecule has 2 heterocycles. The smallest absolute Gasteiger partial charge is 0.287 e. The predicted molar refractivity (Wildman–Crippen MR) is 103 cm³/mol. The third kappa shape index (κ3) is 4.98. The van der Waals surface area contributed by atoms with Crippen molar-refractivity contribution in [2.24, 2.45) is 11.7 Å². The van der Waals surface area contributed by atoms with Crippen LogP contribution in [-0.2, 0) is 11.2 Å². The normalized spacial score (nSPS) is 17.3. The average molecular weight is 369 g/mol. The van der Waals surface area contributed by atoms with Gasteiger partial charge in [0, 0.05) is 25.6 Å². The van der Waals surface area contributed by atoms with Gasteiger partial charge in [0.2, 0.25) is 5.91 Å². The molecule has 0 radical (unpaired) electrons. The molecule has 6 heteroatoms. The fourth-order valence-corrected chi connectivity index (χ4v) is 3.55. The molecule has 3 rings (SSSR count). The zero-order valence-corrected chi connectivity index (χ0v) is 15.6. The van der Waals surface area contributed by atoms with Gasteiger partial charge in [-0.3, -0.25) is 9.59 Å². The second-order valence-corrected chi connectivity index (χ2v) is 7.21. The molecule has 1 aliphatic rings. The number of piperidine rings is 1. The largest absolute Gasteiger partial charge is 0.459 e. The number of nitrogens with zero attached hydrogens (tertiary/aromatic N) is 1. The summed E-state index contributed by atoms with van der Waals surface area (Å²) in [4.78, 5) is 27.4. The van der Waals surface area contributed by atoms with E-state index in [4.69, 9.17) is 10.2 Å². The van der Waals surface area contributed by atoms with Crippen LogP contribution in [0.3, 0.4) is 0 Å². The number of furan rings is 1. The first kappa shape index (κ1) is 19.2. The van der Waals surface area contributed by atoms with Gasteiger partial charge in [0.1, 0.15) is 6.04 Å². The maximum Gasteiger partial charge on any atom is 0.287 e. The molecule has 144 valence electrons. The Labute approximate surface area is 159 Å². The molecule has 1 aliphatic heterocycles.